The number of rotatable bonds is 7. The lowest BCUT2D eigenvalue weighted by atomic mass is 10.0. The van der Waals surface area contributed by atoms with Crippen molar-refractivity contribution in [3.05, 3.63) is 35.4 Å². The first-order chi connectivity index (χ1) is 7.34. The lowest BCUT2D eigenvalue weighted by molar-refractivity contribution is 0.626. The number of benzene rings is 1. The largest absolute Gasteiger partial charge is 0.330 e. The quantitative estimate of drug-likeness (QED) is 0.668. The van der Waals surface area contributed by atoms with Gasteiger partial charge in [-0.15, -0.1) is 0 Å². The van der Waals surface area contributed by atoms with Crippen LogP contribution in [0.3, 0.4) is 0 Å². The molecule has 0 fully saturated rings. The SMILES string of the molecule is Cc1ccccc1CCCNCCCN. The van der Waals surface area contributed by atoms with Crippen molar-refractivity contribution in [1.82, 2.24) is 5.32 Å². The normalized spacial score (nSPS) is 10.5. The summed E-state index contributed by atoms with van der Waals surface area (Å²) >= 11 is 0. The molecule has 0 atom stereocenters. The van der Waals surface area contributed by atoms with E-state index < -0.39 is 0 Å². The molecule has 0 unspecified atom stereocenters. The van der Waals surface area contributed by atoms with E-state index in [1.807, 2.05) is 0 Å². The Labute approximate surface area is 92.9 Å². The van der Waals surface area contributed by atoms with Crippen molar-refractivity contribution in [3.8, 4) is 0 Å². The van der Waals surface area contributed by atoms with Crippen LogP contribution in [0.2, 0.25) is 0 Å². The molecule has 0 spiro atoms. The number of nitrogens with one attached hydrogen (secondary N) is 1. The van der Waals surface area contributed by atoms with Gasteiger partial charge < -0.3 is 11.1 Å². The van der Waals surface area contributed by atoms with Crippen LogP contribution in [-0.4, -0.2) is 19.6 Å². The molecule has 0 aliphatic rings. The highest BCUT2D eigenvalue weighted by Gasteiger charge is 1.96. The maximum atomic E-state index is 5.41. The zero-order chi connectivity index (χ0) is 10.9. The highest BCUT2D eigenvalue weighted by atomic mass is 14.8. The van der Waals surface area contributed by atoms with Crippen molar-refractivity contribution in [2.45, 2.75) is 26.2 Å². The molecule has 0 saturated heterocycles. The molecule has 0 heterocycles. The van der Waals surface area contributed by atoms with E-state index in [9.17, 15) is 0 Å². The first kappa shape index (κ1) is 12.2. The molecule has 0 radical (unpaired) electrons. The molecule has 0 aromatic heterocycles. The maximum absolute atomic E-state index is 5.41. The summed E-state index contributed by atoms with van der Waals surface area (Å²) in [5.41, 5.74) is 8.29. The molecule has 1 rings (SSSR count). The summed E-state index contributed by atoms with van der Waals surface area (Å²) in [6, 6.07) is 8.61. The van der Waals surface area contributed by atoms with Gasteiger partial charge in [-0.3, -0.25) is 0 Å². The number of nitrogens with two attached hydrogens (primary N) is 1. The lowest BCUT2D eigenvalue weighted by Gasteiger charge is -2.06. The standard InChI is InChI=1S/C13H22N2/c1-12-6-2-3-7-13(12)8-4-10-15-11-5-9-14/h2-3,6-7,15H,4-5,8-11,14H2,1H3. The minimum absolute atomic E-state index is 0.783. The van der Waals surface area contributed by atoms with Gasteiger partial charge >= 0.3 is 0 Å². The van der Waals surface area contributed by atoms with Gasteiger partial charge in [0.1, 0.15) is 0 Å². The summed E-state index contributed by atoms with van der Waals surface area (Å²) in [5.74, 6) is 0. The van der Waals surface area contributed by atoms with E-state index >= 15 is 0 Å². The Hall–Kier alpha value is -0.860. The zero-order valence-corrected chi connectivity index (χ0v) is 9.63. The summed E-state index contributed by atoms with van der Waals surface area (Å²) in [4.78, 5) is 0. The lowest BCUT2D eigenvalue weighted by Crippen LogP contribution is -2.19. The summed E-state index contributed by atoms with van der Waals surface area (Å²) < 4.78 is 0. The Morgan fingerprint density at radius 2 is 1.87 bits per heavy atom. The van der Waals surface area contributed by atoms with Crippen LogP contribution < -0.4 is 11.1 Å². The smallest absolute Gasteiger partial charge is 0.00369 e. The Kier molecular flexibility index (Phi) is 6.05. The minimum atomic E-state index is 0.783. The Morgan fingerprint density at radius 3 is 2.60 bits per heavy atom. The molecule has 0 saturated carbocycles. The van der Waals surface area contributed by atoms with Gasteiger partial charge in [0.2, 0.25) is 0 Å². The fourth-order valence-electron chi connectivity index (χ4n) is 1.65. The fraction of sp³-hybridized carbons (Fsp3) is 0.538. The fourth-order valence-corrected chi connectivity index (χ4v) is 1.65. The molecule has 0 bridgehead atoms. The predicted octanol–water partition coefficient (Wildman–Crippen LogP) is 1.87. The van der Waals surface area contributed by atoms with Gasteiger partial charge in [-0.2, -0.15) is 0 Å². The second kappa shape index (κ2) is 7.43. The molecule has 0 aliphatic heterocycles. The maximum Gasteiger partial charge on any atom is -0.00369 e. The first-order valence-electron chi connectivity index (χ1n) is 5.80. The molecule has 0 amide bonds. The molecule has 15 heavy (non-hydrogen) atoms. The molecule has 1 aromatic rings. The van der Waals surface area contributed by atoms with Gasteiger partial charge in [0.05, 0.1) is 0 Å². The summed E-state index contributed by atoms with van der Waals surface area (Å²) in [7, 11) is 0. The van der Waals surface area contributed by atoms with Crippen LogP contribution in [0.25, 0.3) is 0 Å². The third-order valence-electron chi connectivity index (χ3n) is 2.62. The van der Waals surface area contributed by atoms with Gasteiger partial charge in [0, 0.05) is 0 Å². The molecule has 2 nitrogen and oxygen atoms in total. The highest BCUT2D eigenvalue weighted by Crippen LogP contribution is 2.08. The summed E-state index contributed by atoms with van der Waals surface area (Å²) in [6.07, 6.45) is 3.45. The van der Waals surface area contributed by atoms with E-state index in [0.29, 0.717) is 0 Å². The van der Waals surface area contributed by atoms with Gasteiger partial charge in [-0.25, -0.2) is 0 Å². The van der Waals surface area contributed by atoms with Crippen molar-refractivity contribution in [1.29, 1.82) is 0 Å². The average Bonchev–Trinajstić information content (AvgIpc) is 2.25. The van der Waals surface area contributed by atoms with Crippen LogP contribution in [0, 0.1) is 6.92 Å². The topological polar surface area (TPSA) is 38.0 Å². The molecule has 0 aliphatic carbocycles. The number of hydrogen-bond acceptors (Lipinski definition) is 2. The number of aryl methyl sites for hydroxylation is 2. The van der Waals surface area contributed by atoms with Gasteiger partial charge in [-0.05, 0) is 56.9 Å². The van der Waals surface area contributed by atoms with E-state index in [0.717, 1.165) is 26.1 Å². The first-order valence-corrected chi connectivity index (χ1v) is 5.80. The highest BCUT2D eigenvalue weighted by molar-refractivity contribution is 5.25. The zero-order valence-electron chi connectivity index (χ0n) is 9.63. The van der Waals surface area contributed by atoms with Gasteiger partial charge in [-0.1, -0.05) is 24.3 Å². The Balaban J connectivity index is 2.12. The minimum Gasteiger partial charge on any atom is -0.330 e. The van der Waals surface area contributed by atoms with Gasteiger partial charge in [0.15, 0.2) is 0 Å². The number of hydrogen-bond donors (Lipinski definition) is 2. The molecular weight excluding hydrogens is 184 g/mol. The van der Waals surface area contributed by atoms with Crippen LogP contribution in [-0.2, 0) is 6.42 Å². The molecule has 1 aromatic carbocycles. The third kappa shape index (κ3) is 4.96. The van der Waals surface area contributed by atoms with Crippen molar-refractivity contribution in [2.75, 3.05) is 19.6 Å². The van der Waals surface area contributed by atoms with E-state index in [1.165, 1.54) is 24.0 Å². The van der Waals surface area contributed by atoms with E-state index in [-0.39, 0.29) is 0 Å². The van der Waals surface area contributed by atoms with Crippen molar-refractivity contribution >= 4 is 0 Å². The van der Waals surface area contributed by atoms with Gasteiger partial charge in [0.25, 0.3) is 0 Å². The van der Waals surface area contributed by atoms with Crippen LogP contribution in [0.5, 0.6) is 0 Å². The summed E-state index contributed by atoms with van der Waals surface area (Å²) in [5, 5.41) is 3.40. The van der Waals surface area contributed by atoms with E-state index in [4.69, 9.17) is 5.73 Å². The monoisotopic (exact) mass is 206 g/mol. The van der Waals surface area contributed by atoms with Crippen LogP contribution in [0.1, 0.15) is 24.0 Å². The Bertz CT molecular complexity index is 271. The Morgan fingerprint density at radius 1 is 1.13 bits per heavy atom. The van der Waals surface area contributed by atoms with Crippen molar-refractivity contribution in [3.63, 3.8) is 0 Å². The van der Waals surface area contributed by atoms with E-state index in [1.54, 1.807) is 0 Å². The van der Waals surface area contributed by atoms with Crippen molar-refractivity contribution < 1.29 is 0 Å². The second-order valence-electron chi connectivity index (χ2n) is 3.92. The molecule has 3 N–H and O–H groups in total. The van der Waals surface area contributed by atoms with E-state index in [2.05, 4.69) is 36.5 Å². The third-order valence-corrected chi connectivity index (χ3v) is 2.62. The van der Waals surface area contributed by atoms with Crippen LogP contribution in [0.15, 0.2) is 24.3 Å². The molecular formula is C13H22N2. The molecule has 84 valence electrons. The van der Waals surface area contributed by atoms with Crippen molar-refractivity contribution in [2.24, 2.45) is 5.73 Å². The summed E-state index contributed by atoms with van der Waals surface area (Å²) in [6.45, 7) is 5.10. The van der Waals surface area contributed by atoms with Crippen LogP contribution in [0.4, 0.5) is 0 Å². The predicted molar refractivity (Wildman–Crippen MR) is 66.0 cm³/mol. The van der Waals surface area contributed by atoms with Crippen LogP contribution >= 0.6 is 0 Å². The second-order valence-corrected chi connectivity index (χ2v) is 3.92. The average molecular weight is 206 g/mol. The molecule has 2 heteroatoms.